The van der Waals surface area contributed by atoms with Crippen LogP contribution in [0, 0.1) is 0 Å². The third-order valence-electron chi connectivity index (χ3n) is 4.86. The second-order valence-corrected chi connectivity index (χ2v) is 6.41. The summed E-state index contributed by atoms with van der Waals surface area (Å²) >= 11 is 0. The van der Waals surface area contributed by atoms with E-state index in [2.05, 4.69) is 29.2 Å². The number of aliphatic hydroxyl groups excluding tert-OH is 1. The molecule has 0 saturated carbocycles. The van der Waals surface area contributed by atoms with Crippen LogP contribution in [-0.4, -0.2) is 44.6 Å². The molecule has 126 valence electrons. The first-order chi connectivity index (χ1) is 11.8. The summed E-state index contributed by atoms with van der Waals surface area (Å²) in [5, 5.41) is 10.6. The minimum atomic E-state index is -0.474. The molecule has 0 amide bonds. The summed E-state index contributed by atoms with van der Waals surface area (Å²) in [7, 11) is 0. The fraction of sp³-hybridized carbons (Fsp3) is 0.368. The number of rotatable bonds is 4. The number of fused-ring (bicyclic) bond motifs is 1. The van der Waals surface area contributed by atoms with Gasteiger partial charge in [0.05, 0.1) is 26.2 Å². The number of hydrogen-bond acceptors (Lipinski definition) is 4. The summed E-state index contributed by atoms with van der Waals surface area (Å²) in [5.74, 6) is 1.49. The Labute approximate surface area is 142 Å². The Kier molecular flexibility index (Phi) is 4.28. The predicted octanol–water partition coefficient (Wildman–Crippen LogP) is 0.854. The van der Waals surface area contributed by atoms with Crippen molar-refractivity contribution in [1.82, 2.24) is 0 Å². The number of piperazine rings is 1. The van der Waals surface area contributed by atoms with E-state index in [0.717, 1.165) is 49.8 Å². The van der Waals surface area contributed by atoms with Gasteiger partial charge in [-0.3, -0.25) is 0 Å². The number of hydrogen-bond donors (Lipinski definition) is 2. The first-order valence-electron chi connectivity index (χ1n) is 8.51. The van der Waals surface area contributed by atoms with Gasteiger partial charge in [-0.05, 0) is 29.8 Å². The molecule has 1 fully saturated rings. The van der Waals surface area contributed by atoms with Crippen molar-refractivity contribution in [3.05, 3.63) is 54.1 Å². The van der Waals surface area contributed by atoms with E-state index in [1.165, 1.54) is 10.6 Å². The average molecular weight is 327 g/mol. The molecule has 2 heterocycles. The maximum Gasteiger partial charge on any atom is 0.231 e. The molecule has 2 aromatic rings. The van der Waals surface area contributed by atoms with Crippen LogP contribution in [0.2, 0.25) is 0 Å². The van der Waals surface area contributed by atoms with E-state index in [9.17, 15) is 5.11 Å². The number of aliphatic hydroxyl groups is 1. The molecule has 2 aliphatic heterocycles. The van der Waals surface area contributed by atoms with Crippen molar-refractivity contribution in [2.45, 2.75) is 6.10 Å². The van der Waals surface area contributed by atoms with E-state index in [1.807, 2.05) is 24.3 Å². The van der Waals surface area contributed by atoms with Crippen LogP contribution in [0.4, 0.5) is 5.69 Å². The molecule has 2 N–H and O–H groups in total. The fourth-order valence-corrected chi connectivity index (χ4v) is 3.44. The first-order valence-corrected chi connectivity index (χ1v) is 8.51. The topological polar surface area (TPSA) is 46.4 Å². The van der Waals surface area contributed by atoms with Crippen LogP contribution in [0.5, 0.6) is 11.5 Å². The molecular formula is C19H23N2O3+. The van der Waals surface area contributed by atoms with E-state index < -0.39 is 6.10 Å². The summed E-state index contributed by atoms with van der Waals surface area (Å²) in [6.07, 6.45) is -0.474. The van der Waals surface area contributed by atoms with E-state index in [0.29, 0.717) is 0 Å². The van der Waals surface area contributed by atoms with Gasteiger partial charge in [0.25, 0.3) is 0 Å². The highest BCUT2D eigenvalue weighted by molar-refractivity contribution is 5.46. The molecule has 0 spiro atoms. The van der Waals surface area contributed by atoms with Crippen molar-refractivity contribution in [3.63, 3.8) is 0 Å². The largest absolute Gasteiger partial charge is 0.454 e. The highest BCUT2D eigenvalue weighted by atomic mass is 16.7. The SMILES string of the molecule is O[C@H](C[NH+]1CCN(c2ccccc2)CC1)c1ccc2c(c1)OCO2. The van der Waals surface area contributed by atoms with Gasteiger partial charge in [0.15, 0.2) is 11.5 Å². The Bertz CT molecular complexity index is 684. The third-order valence-corrected chi connectivity index (χ3v) is 4.86. The van der Waals surface area contributed by atoms with Gasteiger partial charge >= 0.3 is 0 Å². The highest BCUT2D eigenvalue weighted by Crippen LogP contribution is 2.33. The fourth-order valence-electron chi connectivity index (χ4n) is 3.44. The van der Waals surface area contributed by atoms with Gasteiger partial charge in [-0.25, -0.2) is 0 Å². The van der Waals surface area contributed by atoms with Crippen LogP contribution in [0.15, 0.2) is 48.5 Å². The normalized spacial score (nSPS) is 18.6. The smallest absolute Gasteiger partial charge is 0.231 e. The Balaban J connectivity index is 1.33. The van der Waals surface area contributed by atoms with Crippen LogP contribution in [-0.2, 0) is 0 Å². The molecule has 5 nitrogen and oxygen atoms in total. The molecule has 0 unspecified atom stereocenters. The number of quaternary nitrogens is 1. The van der Waals surface area contributed by atoms with E-state index in [4.69, 9.17) is 9.47 Å². The van der Waals surface area contributed by atoms with Gasteiger partial charge in [-0.2, -0.15) is 0 Å². The molecule has 0 radical (unpaired) electrons. The van der Waals surface area contributed by atoms with Gasteiger partial charge in [-0.15, -0.1) is 0 Å². The lowest BCUT2D eigenvalue weighted by Gasteiger charge is -2.34. The van der Waals surface area contributed by atoms with Gasteiger partial charge < -0.3 is 24.4 Å². The second-order valence-electron chi connectivity index (χ2n) is 6.41. The molecular weight excluding hydrogens is 304 g/mol. The molecule has 24 heavy (non-hydrogen) atoms. The quantitative estimate of drug-likeness (QED) is 0.874. The number of para-hydroxylation sites is 1. The molecule has 0 aliphatic carbocycles. The van der Waals surface area contributed by atoms with E-state index in [-0.39, 0.29) is 6.79 Å². The predicted molar refractivity (Wildman–Crippen MR) is 91.7 cm³/mol. The number of nitrogens with zero attached hydrogens (tertiary/aromatic N) is 1. The lowest BCUT2D eigenvalue weighted by atomic mass is 10.1. The van der Waals surface area contributed by atoms with Crippen LogP contribution in [0.25, 0.3) is 0 Å². The average Bonchev–Trinajstić information content (AvgIpc) is 3.11. The van der Waals surface area contributed by atoms with Crippen LogP contribution >= 0.6 is 0 Å². The zero-order valence-electron chi connectivity index (χ0n) is 13.6. The third kappa shape index (κ3) is 3.18. The lowest BCUT2D eigenvalue weighted by Crippen LogP contribution is -3.15. The van der Waals surface area contributed by atoms with Crippen molar-refractivity contribution in [1.29, 1.82) is 0 Å². The zero-order chi connectivity index (χ0) is 16.4. The minimum absolute atomic E-state index is 0.265. The molecule has 2 aliphatic rings. The summed E-state index contributed by atoms with van der Waals surface area (Å²) in [5.41, 5.74) is 2.19. The van der Waals surface area contributed by atoms with E-state index >= 15 is 0 Å². The summed E-state index contributed by atoms with van der Waals surface area (Å²) in [6, 6.07) is 16.2. The summed E-state index contributed by atoms with van der Waals surface area (Å²) in [4.78, 5) is 3.85. The molecule has 4 rings (SSSR count). The monoisotopic (exact) mass is 327 g/mol. The zero-order valence-corrected chi connectivity index (χ0v) is 13.6. The number of nitrogens with one attached hydrogen (secondary N) is 1. The van der Waals surface area contributed by atoms with Gasteiger partial charge in [-0.1, -0.05) is 24.3 Å². The van der Waals surface area contributed by atoms with E-state index in [1.54, 1.807) is 0 Å². The lowest BCUT2D eigenvalue weighted by molar-refractivity contribution is -0.904. The second kappa shape index (κ2) is 6.71. The number of benzene rings is 2. The standard InChI is InChI=1S/C19H22N2O3/c22-17(15-6-7-18-19(12-15)24-14-23-18)13-20-8-10-21(11-9-20)16-4-2-1-3-5-16/h1-7,12,17,22H,8-11,13-14H2/p+1/t17-/m1/s1. The first kappa shape index (κ1) is 15.3. The minimum Gasteiger partial charge on any atom is -0.454 e. The van der Waals surface area contributed by atoms with Crippen molar-refractivity contribution in [3.8, 4) is 11.5 Å². The van der Waals surface area contributed by atoms with Crippen molar-refractivity contribution < 1.29 is 19.5 Å². The Morgan fingerprint density at radius 2 is 1.75 bits per heavy atom. The molecule has 1 atom stereocenters. The molecule has 0 bridgehead atoms. The van der Waals surface area contributed by atoms with Gasteiger partial charge in [0.2, 0.25) is 6.79 Å². The Morgan fingerprint density at radius 3 is 2.54 bits per heavy atom. The van der Waals surface area contributed by atoms with Gasteiger partial charge in [0.1, 0.15) is 12.6 Å². The summed E-state index contributed by atoms with van der Waals surface area (Å²) < 4.78 is 10.7. The molecule has 0 aromatic heterocycles. The summed E-state index contributed by atoms with van der Waals surface area (Å²) in [6.45, 7) is 5.11. The molecule has 2 aromatic carbocycles. The van der Waals surface area contributed by atoms with Crippen molar-refractivity contribution in [2.24, 2.45) is 0 Å². The number of ether oxygens (including phenoxy) is 2. The van der Waals surface area contributed by atoms with Gasteiger partial charge in [0, 0.05) is 5.69 Å². The molecule has 5 heteroatoms. The van der Waals surface area contributed by atoms with Crippen molar-refractivity contribution >= 4 is 5.69 Å². The Morgan fingerprint density at radius 1 is 1.00 bits per heavy atom. The maximum absolute atomic E-state index is 10.6. The Hall–Kier alpha value is -2.24. The number of anilines is 1. The van der Waals surface area contributed by atoms with Crippen molar-refractivity contribution in [2.75, 3.05) is 44.4 Å². The highest BCUT2D eigenvalue weighted by Gasteiger charge is 2.24. The maximum atomic E-state index is 10.6. The molecule has 1 saturated heterocycles. The van der Waals surface area contributed by atoms with Crippen LogP contribution in [0.1, 0.15) is 11.7 Å². The van der Waals surface area contributed by atoms with Crippen LogP contribution < -0.4 is 19.3 Å². The van der Waals surface area contributed by atoms with Crippen LogP contribution in [0.3, 0.4) is 0 Å².